The van der Waals surface area contributed by atoms with E-state index in [-0.39, 0.29) is 11.7 Å². The van der Waals surface area contributed by atoms with Gasteiger partial charge in [-0.1, -0.05) is 19.1 Å². The minimum atomic E-state index is -0.233. The van der Waals surface area contributed by atoms with Crippen LogP contribution in [0.3, 0.4) is 0 Å². The molecule has 1 saturated carbocycles. The number of hydrogen-bond acceptors (Lipinski definition) is 1. The van der Waals surface area contributed by atoms with Crippen LogP contribution in [0.5, 0.6) is 0 Å². The highest BCUT2D eigenvalue weighted by Gasteiger charge is 2.22. The molecule has 1 N–H and O–H groups in total. The fourth-order valence-corrected chi connectivity index (χ4v) is 2.55. The van der Waals surface area contributed by atoms with Crippen LogP contribution < -0.4 is 5.32 Å². The van der Waals surface area contributed by atoms with Gasteiger partial charge in [0.05, 0.1) is 0 Å². The molecule has 0 heterocycles. The van der Waals surface area contributed by atoms with Crippen LogP contribution in [-0.4, -0.2) is 11.9 Å². The Morgan fingerprint density at radius 1 is 1.33 bits per heavy atom. The molecule has 3 heteroatoms. The van der Waals surface area contributed by atoms with Crippen LogP contribution in [-0.2, 0) is 11.2 Å². The summed E-state index contributed by atoms with van der Waals surface area (Å²) < 4.78 is 12.7. The zero-order chi connectivity index (χ0) is 13.0. The molecule has 2 atom stereocenters. The summed E-state index contributed by atoms with van der Waals surface area (Å²) in [5.74, 6) is 0.606. The van der Waals surface area contributed by atoms with E-state index in [1.165, 1.54) is 18.6 Å². The summed E-state index contributed by atoms with van der Waals surface area (Å²) in [4.78, 5) is 11.8. The van der Waals surface area contributed by atoms with Gasteiger partial charge in [-0.25, -0.2) is 4.39 Å². The van der Waals surface area contributed by atoms with E-state index in [0.717, 1.165) is 24.3 Å². The van der Waals surface area contributed by atoms with E-state index in [9.17, 15) is 9.18 Å². The number of carbonyl (C=O) groups excluding carboxylic acids is 1. The second-order valence-corrected chi connectivity index (χ2v) is 5.31. The fraction of sp³-hybridized carbons (Fsp3) is 0.533. The summed E-state index contributed by atoms with van der Waals surface area (Å²) in [6.45, 7) is 2.23. The summed E-state index contributed by atoms with van der Waals surface area (Å²) in [7, 11) is 0. The number of rotatable bonds is 4. The predicted molar refractivity (Wildman–Crippen MR) is 69.7 cm³/mol. The number of hydrogen-bond donors (Lipinski definition) is 1. The topological polar surface area (TPSA) is 29.1 Å². The van der Waals surface area contributed by atoms with Crippen LogP contribution in [0, 0.1) is 11.7 Å². The third kappa shape index (κ3) is 3.83. The molecule has 1 fully saturated rings. The maximum Gasteiger partial charge on any atom is 0.220 e. The smallest absolute Gasteiger partial charge is 0.220 e. The Balaban J connectivity index is 1.73. The van der Waals surface area contributed by atoms with Gasteiger partial charge >= 0.3 is 0 Å². The lowest BCUT2D eigenvalue weighted by molar-refractivity contribution is -0.121. The van der Waals surface area contributed by atoms with Crippen molar-refractivity contribution in [2.75, 3.05) is 0 Å². The second-order valence-electron chi connectivity index (χ2n) is 5.31. The lowest BCUT2D eigenvalue weighted by atomic mass is 10.1. The number of nitrogens with one attached hydrogen (secondary N) is 1. The lowest BCUT2D eigenvalue weighted by Gasteiger charge is -2.12. The molecule has 1 aliphatic rings. The average Bonchev–Trinajstić information content (AvgIpc) is 2.74. The summed E-state index contributed by atoms with van der Waals surface area (Å²) in [5.41, 5.74) is 1.01. The first-order chi connectivity index (χ1) is 8.63. The Bertz CT molecular complexity index is 401. The molecule has 0 spiro atoms. The highest BCUT2D eigenvalue weighted by Crippen LogP contribution is 2.24. The van der Waals surface area contributed by atoms with E-state index in [2.05, 4.69) is 12.2 Å². The molecule has 0 bridgehead atoms. The number of carbonyl (C=O) groups is 1. The maximum absolute atomic E-state index is 12.7. The first-order valence-corrected chi connectivity index (χ1v) is 6.67. The van der Waals surface area contributed by atoms with Gasteiger partial charge in [0.2, 0.25) is 5.91 Å². The number of benzene rings is 1. The molecule has 1 aromatic rings. The third-order valence-corrected chi connectivity index (χ3v) is 3.61. The van der Waals surface area contributed by atoms with Crippen LogP contribution in [0.1, 0.15) is 38.2 Å². The van der Waals surface area contributed by atoms with Crippen LogP contribution in [0.25, 0.3) is 0 Å². The van der Waals surface area contributed by atoms with Gasteiger partial charge in [0.15, 0.2) is 0 Å². The zero-order valence-electron chi connectivity index (χ0n) is 10.8. The molecule has 1 aliphatic carbocycles. The second kappa shape index (κ2) is 5.98. The Morgan fingerprint density at radius 3 is 2.67 bits per heavy atom. The van der Waals surface area contributed by atoms with E-state index in [4.69, 9.17) is 0 Å². The minimum Gasteiger partial charge on any atom is -0.353 e. The van der Waals surface area contributed by atoms with Crippen LogP contribution in [0.15, 0.2) is 24.3 Å². The average molecular weight is 249 g/mol. The molecule has 2 unspecified atom stereocenters. The maximum atomic E-state index is 12.7. The molecule has 0 saturated heterocycles. The molecular formula is C15H20FNO. The molecule has 0 radical (unpaired) electrons. The molecule has 0 aliphatic heterocycles. The van der Waals surface area contributed by atoms with E-state index < -0.39 is 0 Å². The van der Waals surface area contributed by atoms with Crippen molar-refractivity contribution in [3.8, 4) is 0 Å². The van der Waals surface area contributed by atoms with Crippen molar-refractivity contribution in [3.63, 3.8) is 0 Å². The number of aryl methyl sites for hydroxylation is 1. The largest absolute Gasteiger partial charge is 0.353 e. The zero-order valence-corrected chi connectivity index (χ0v) is 10.8. The van der Waals surface area contributed by atoms with Crippen LogP contribution in [0.2, 0.25) is 0 Å². The van der Waals surface area contributed by atoms with E-state index in [0.29, 0.717) is 18.9 Å². The monoisotopic (exact) mass is 249 g/mol. The number of halogens is 1. The van der Waals surface area contributed by atoms with Gasteiger partial charge < -0.3 is 5.32 Å². The SMILES string of the molecule is CC1CCC(NC(=O)CCc2ccc(F)cc2)C1. The molecule has 2 rings (SSSR count). The van der Waals surface area contributed by atoms with Gasteiger partial charge in [0.1, 0.15) is 5.82 Å². The molecule has 1 aromatic carbocycles. The van der Waals surface area contributed by atoms with Gasteiger partial charge in [-0.15, -0.1) is 0 Å². The normalized spacial score (nSPS) is 23.0. The van der Waals surface area contributed by atoms with Gasteiger partial charge in [-0.2, -0.15) is 0 Å². The predicted octanol–water partition coefficient (Wildman–Crippen LogP) is 3.06. The highest BCUT2D eigenvalue weighted by atomic mass is 19.1. The first-order valence-electron chi connectivity index (χ1n) is 6.67. The van der Waals surface area contributed by atoms with Crippen molar-refractivity contribution >= 4 is 5.91 Å². The standard InChI is InChI=1S/C15H20FNO/c1-11-2-8-14(10-11)17-15(18)9-5-12-3-6-13(16)7-4-12/h3-4,6-7,11,14H,2,5,8-10H2,1H3,(H,17,18). The third-order valence-electron chi connectivity index (χ3n) is 3.61. The van der Waals surface area contributed by atoms with Gasteiger partial charge in [0.25, 0.3) is 0 Å². The Hall–Kier alpha value is -1.38. The van der Waals surface area contributed by atoms with Crippen molar-refractivity contribution in [2.24, 2.45) is 5.92 Å². The molecule has 2 nitrogen and oxygen atoms in total. The summed E-state index contributed by atoms with van der Waals surface area (Å²) in [6.07, 6.45) is 4.57. The van der Waals surface area contributed by atoms with Gasteiger partial charge in [-0.05, 0) is 49.3 Å². The van der Waals surface area contributed by atoms with E-state index in [1.54, 1.807) is 12.1 Å². The van der Waals surface area contributed by atoms with Crippen LogP contribution in [0.4, 0.5) is 4.39 Å². The first kappa shape index (κ1) is 13.1. The van der Waals surface area contributed by atoms with E-state index >= 15 is 0 Å². The lowest BCUT2D eigenvalue weighted by Crippen LogP contribution is -2.32. The highest BCUT2D eigenvalue weighted by molar-refractivity contribution is 5.76. The summed E-state index contributed by atoms with van der Waals surface area (Å²) >= 11 is 0. The summed E-state index contributed by atoms with van der Waals surface area (Å²) in [5, 5.41) is 3.08. The molecule has 18 heavy (non-hydrogen) atoms. The molecular weight excluding hydrogens is 229 g/mol. The Kier molecular flexibility index (Phi) is 4.34. The van der Waals surface area contributed by atoms with Crippen molar-refractivity contribution in [2.45, 2.75) is 45.1 Å². The molecule has 1 amide bonds. The van der Waals surface area contributed by atoms with Crippen molar-refractivity contribution in [1.29, 1.82) is 0 Å². The molecule has 98 valence electrons. The van der Waals surface area contributed by atoms with Crippen LogP contribution >= 0.6 is 0 Å². The van der Waals surface area contributed by atoms with Crippen molar-refractivity contribution < 1.29 is 9.18 Å². The van der Waals surface area contributed by atoms with Crippen molar-refractivity contribution in [3.05, 3.63) is 35.6 Å². The minimum absolute atomic E-state index is 0.110. The number of amides is 1. The van der Waals surface area contributed by atoms with E-state index in [1.807, 2.05) is 0 Å². The Morgan fingerprint density at radius 2 is 2.06 bits per heavy atom. The van der Waals surface area contributed by atoms with Gasteiger partial charge in [0, 0.05) is 12.5 Å². The molecule has 0 aromatic heterocycles. The summed E-state index contributed by atoms with van der Waals surface area (Å²) in [6, 6.07) is 6.71. The Labute approximate surface area is 108 Å². The van der Waals surface area contributed by atoms with Gasteiger partial charge in [-0.3, -0.25) is 4.79 Å². The fourth-order valence-electron chi connectivity index (χ4n) is 2.55. The quantitative estimate of drug-likeness (QED) is 0.873. The van der Waals surface area contributed by atoms with Crippen molar-refractivity contribution in [1.82, 2.24) is 5.32 Å².